The van der Waals surface area contributed by atoms with Crippen molar-refractivity contribution in [2.45, 2.75) is 20.4 Å². The van der Waals surface area contributed by atoms with E-state index in [1.165, 1.54) is 7.11 Å². The number of hydrogen-bond acceptors (Lipinski definition) is 6. The van der Waals surface area contributed by atoms with Gasteiger partial charge in [0.25, 0.3) is 5.91 Å². The number of carbonyl (C=O) groups excluding carboxylic acids is 2. The van der Waals surface area contributed by atoms with Gasteiger partial charge in [-0.25, -0.2) is 4.79 Å². The van der Waals surface area contributed by atoms with E-state index in [0.29, 0.717) is 24.2 Å². The molecule has 7 nitrogen and oxygen atoms in total. The molecule has 26 heavy (non-hydrogen) atoms. The Morgan fingerprint density at radius 2 is 1.85 bits per heavy atom. The molecule has 1 saturated heterocycles. The molecule has 0 radical (unpaired) electrons. The molecule has 3 rings (SSSR count). The fourth-order valence-corrected chi connectivity index (χ4v) is 3.14. The SMILES string of the molecule is COC(=O)c1cccc(C(=O)N2CCN(Cc3c(C)noc3C)CC2)c1. The molecular formula is C19H23N3O4. The molecule has 1 aliphatic heterocycles. The van der Waals surface area contributed by atoms with Gasteiger partial charge in [-0.05, 0) is 32.0 Å². The van der Waals surface area contributed by atoms with Gasteiger partial charge in [0, 0.05) is 43.9 Å². The number of piperazine rings is 1. The van der Waals surface area contributed by atoms with Gasteiger partial charge in [0.2, 0.25) is 0 Å². The molecule has 1 aliphatic rings. The minimum absolute atomic E-state index is 0.0623. The van der Waals surface area contributed by atoms with Crippen molar-refractivity contribution in [3.8, 4) is 0 Å². The smallest absolute Gasteiger partial charge is 0.337 e. The number of hydrogen-bond donors (Lipinski definition) is 0. The fraction of sp³-hybridized carbons (Fsp3) is 0.421. The lowest BCUT2D eigenvalue weighted by atomic mass is 10.1. The molecular weight excluding hydrogens is 334 g/mol. The van der Waals surface area contributed by atoms with Crippen LogP contribution in [-0.2, 0) is 11.3 Å². The lowest BCUT2D eigenvalue weighted by molar-refractivity contribution is 0.0600. The van der Waals surface area contributed by atoms with Gasteiger partial charge in [-0.3, -0.25) is 9.69 Å². The van der Waals surface area contributed by atoms with Crippen LogP contribution in [0.5, 0.6) is 0 Å². The van der Waals surface area contributed by atoms with E-state index in [1.807, 2.05) is 18.7 Å². The molecule has 1 aromatic heterocycles. The molecule has 0 aliphatic carbocycles. The van der Waals surface area contributed by atoms with E-state index in [0.717, 1.165) is 36.7 Å². The highest BCUT2D eigenvalue weighted by atomic mass is 16.5. The van der Waals surface area contributed by atoms with Crippen LogP contribution in [0.4, 0.5) is 0 Å². The van der Waals surface area contributed by atoms with Crippen LogP contribution in [0.1, 0.15) is 37.7 Å². The molecule has 1 amide bonds. The molecule has 1 fully saturated rings. The maximum atomic E-state index is 12.7. The summed E-state index contributed by atoms with van der Waals surface area (Å²) in [6.45, 7) is 7.50. The first-order chi connectivity index (χ1) is 12.5. The van der Waals surface area contributed by atoms with Crippen LogP contribution in [0.15, 0.2) is 28.8 Å². The van der Waals surface area contributed by atoms with Crippen LogP contribution in [0.3, 0.4) is 0 Å². The molecule has 2 aromatic rings. The second-order valence-electron chi connectivity index (χ2n) is 6.44. The predicted octanol–water partition coefficient (Wildman–Crippen LogP) is 2.04. The fourth-order valence-electron chi connectivity index (χ4n) is 3.14. The lowest BCUT2D eigenvalue weighted by Crippen LogP contribution is -2.48. The van der Waals surface area contributed by atoms with Crippen LogP contribution in [0.25, 0.3) is 0 Å². The zero-order valence-corrected chi connectivity index (χ0v) is 15.3. The van der Waals surface area contributed by atoms with E-state index in [9.17, 15) is 9.59 Å². The quantitative estimate of drug-likeness (QED) is 0.780. The lowest BCUT2D eigenvalue weighted by Gasteiger charge is -2.34. The molecule has 1 aromatic carbocycles. The van der Waals surface area contributed by atoms with Crippen LogP contribution in [-0.4, -0.2) is 60.1 Å². The topological polar surface area (TPSA) is 75.9 Å². The zero-order chi connectivity index (χ0) is 18.7. The van der Waals surface area contributed by atoms with E-state index < -0.39 is 5.97 Å². The molecule has 138 valence electrons. The van der Waals surface area contributed by atoms with Gasteiger partial charge in [0.1, 0.15) is 5.76 Å². The summed E-state index contributed by atoms with van der Waals surface area (Å²) in [4.78, 5) is 28.5. The Balaban J connectivity index is 1.61. The summed E-state index contributed by atoms with van der Waals surface area (Å²) < 4.78 is 9.93. The summed E-state index contributed by atoms with van der Waals surface area (Å²) in [5, 5.41) is 3.99. The molecule has 0 unspecified atom stereocenters. The number of methoxy groups -OCH3 is 1. The molecule has 0 spiro atoms. The van der Waals surface area contributed by atoms with E-state index in [4.69, 9.17) is 9.26 Å². The molecule has 2 heterocycles. The van der Waals surface area contributed by atoms with Crippen molar-refractivity contribution in [3.63, 3.8) is 0 Å². The Morgan fingerprint density at radius 1 is 1.15 bits per heavy atom. The third kappa shape index (κ3) is 3.77. The second kappa shape index (κ2) is 7.70. The predicted molar refractivity (Wildman–Crippen MR) is 94.9 cm³/mol. The zero-order valence-electron chi connectivity index (χ0n) is 15.3. The average Bonchev–Trinajstić information content (AvgIpc) is 2.99. The highest BCUT2D eigenvalue weighted by Crippen LogP contribution is 2.17. The van der Waals surface area contributed by atoms with Crippen molar-refractivity contribution in [2.75, 3.05) is 33.3 Å². The summed E-state index contributed by atoms with van der Waals surface area (Å²) in [5.74, 6) is 0.345. The molecule has 0 atom stereocenters. The normalized spacial score (nSPS) is 15.1. The largest absolute Gasteiger partial charge is 0.465 e. The summed E-state index contributed by atoms with van der Waals surface area (Å²) in [6, 6.07) is 6.66. The number of benzene rings is 1. The first-order valence-corrected chi connectivity index (χ1v) is 8.61. The van der Waals surface area contributed by atoms with Crippen LogP contribution < -0.4 is 0 Å². The number of ether oxygens (including phenoxy) is 1. The van der Waals surface area contributed by atoms with Crippen LogP contribution in [0, 0.1) is 13.8 Å². The van der Waals surface area contributed by atoms with Gasteiger partial charge in [-0.15, -0.1) is 0 Å². The Hall–Kier alpha value is -2.67. The Labute approximate surface area is 152 Å². The minimum Gasteiger partial charge on any atom is -0.465 e. The van der Waals surface area contributed by atoms with Gasteiger partial charge < -0.3 is 14.2 Å². The van der Waals surface area contributed by atoms with Gasteiger partial charge >= 0.3 is 5.97 Å². The van der Waals surface area contributed by atoms with Crippen LogP contribution in [0.2, 0.25) is 0 Å². The Kier molecular flexibility index (Phi) is 5.37. The van der Waals surface area contributed by atoms with Crippen molar-refractivity contribution in [1.82, 2.24) is 15.0 Å². The summed E-state index contributed by atoms with van der Waals surface area (Å²) in [6.07, 6.45) is 0. The number of esters is 1. The average molecular weight is 357 g/mol. The molecule has 0 N–H and O–H groups in total. The first-order valence-electron chi connectivity index (χ1n) is 8.61. The monoisotopic (exact) mass is 357 g/mol. The number of rotatable bonds is 4. The number of carbonyl (C=O) groups is 2. The summed E-state index contributed by atoms with van der Waals surface area (Å²) >= 11 is 0. The molecule has 7 heteroatoms. The van der Waals surface area contributed by atoms with Crippen molar-refractivity contribution in [2.24, 2.45) is 0 Å². The standard InChI is InChI=1S/C19H23N3O4/c1-13-17(14(2)26-20-13)12-21-7-9-22(10-8-21)18(23)15-5-4-6-16(11-15)19(24)25-3/h4-6,11H,7-10,12H2,1-3H3. The van der Waals surface area contributed by atoms with Gasteiger partial charge in [-0.2, -0.15) is 0 Å². The number of aryl methyl sites for hydroxylation is 2. The third-order valence-electron chi connectivity index (χ3n) is 4.75. The van der Waals surface area contributed by atoms with Crippen molar-refractivity contribution >= 4 is 11.9 Å². The van der Waals surface area contributed by atoms with Gasteiger partial charge in [0.05, 0.1) is 18.4 Å². The van der Waals surface area contributed by atoms with Crippen molar-refractivity contribution < 1.29 is 18.8 Å². The Morgan fingerprint density at radius 3 is 2.46 bits per heavy atom. The van der Waals surface area contributed by atoms with E-state index >= 15 is 0 Å². The van der Waals surface area contributed by atoms with Crippen molar-refractivity contribution in [1.29, 1.82) is 0 Å². The van der Waals surface area contributed by atoms with Crippen molar-refractivity contribution in [3.05, 3.63) is 52.4 Å². The first kappa shape index (κ1) is 18.1. The number of amides is 1. The summed E-state index contributed by atoms with van der Waals surface area (Å²) in [5.41, 5.74) is 2.93. The second-order valence-corrected chi connectivity index (χ2v) is 6.44. The maximum Gasteiger partial charge on any atom is 0.337 e. The molecule has 0 bridgehead atoms. The van der Waals surface area contributed by atoms with E-state index in [1.54, 1.807) is 24.3 Å². The van der Waals surface area contributed by atoms with Gasteiger partial charge in [-0.1, -0.05) is 11.2 Å². The number of aromatic nitrogens is 1. The third-order valence-corrected chi connectivity index (χ3v) is 4.75. The van der Waals surface area contributed by atoms with E-state index in [-0.39, 0.29) is 5.91 Å². The highest BCUT2D eigenvalue weighted by Gasteiger charge is 2.24. The molecule has 0 saturated carbocycles. The van der Waals surface area contributed by atoms with Gasteiger partial charge in [0.15, 0.2) is 0 Å². The van der Waals surface area contributed by atoms with E-state index in [2.05, 4.69) is 10.1 Å². The highest BCUT2D eigenvalue weighted by molar-refractivity contribution is 5.98. The minimum atomic E-state index is -0.441. The Bertz CT molecular complexity index is 787. The maximum absolute atomic E-state index is 12.7. The summed E-state index contributed by atoms with van der Waals surface area (Å²) in [7, 11) is 1.33. The van der Waals surface area contributed by atoms with Crippen LogP contribution >= 0.6 is 0 Å². The number of nitrogens with zero attached hydrogens (tertiary/aromatic N) is 3.